The van der Waals surface area contributed by atoms with Crippen molar-refractivity contribution >= 4 is 65.6 Å². The van der Waals surface area contributed by atoms with Gasteiger partial charge in [-0.05, 0) is 84.3 Å². The molecule has 0 spiro atoms. The number of rotatable bonds is 7. The summed E-state index contributed by atoms with van der Waals surface area (Å²) < 4.78 is 12.1. The zero-order valence-electron chi connectivity index (χ0n) is 37.5. The van der Waals surface area contributed by atoms with E-state index >= 15 is 0 Å². The number of hydrogen-bond acceptors (Lipinski definition) is 3. The van der Waals surface area contributed by atoms with Gasteiger partial charge in [-0.3, -0.25) is 0 Å². The van der Waals surface area contributed by atoms with Crippen LogP contribution >= 0.6 is 0 Å². The highest BCUT2D eigenvalue weighted by molar-refractivity contribution is 6.30. The zero-order chi connectivity index (χ0) is 45.4. The molecule has 0 saturated carbocycles. The topological polar surface area (TPSA) is 48.8 Å². The third-order valence-corrected chi connectivity index (χ3v) is 14.0. The summed E-state index contributed by atoms with van der Waals surface area (Å²) in [5.41, 5.74) is 16.6. The molecule has 1 atom stereocenters. The minimum absolute atomic E-state index is 0.145. The molecule has 4 heterocycles. The Hall–Kier alpha value is -9.06. The molecule has 69 heavy (non-hydrogen) atoms. The average Bonchev–Trinajstić information content (AvgIpc) is 4.09. The van der Waals surface area contributed by atoms with Crippen molar-refractivity contribution in [3.05, 3.63) is 242 Å². The summed E-state index contributed by atoms with van der Waals surface area (Å²) in [4.78, 5) is 10.8. The lowest BCUT2D eigenvalue weighted by Crippen LogP contribution is -2.05. The Morgan fingerprint density at radius 3 is 1.74 bits per heavy atom. The summed E-state index contributed by atoms with van der Waals surface area (Å²) in [5.74, 6) is 0.840. The van der Waals surface area contributed by atoms with E-state index in [0.717, 1.165) is 112 Å². The predicted molar refractivity (Wildman–Crippen MR) is 285 cm³/mol. The highest BCUT2D eigenvalue weighted by Crippen LogP contribution is 2.48. The fourth-order valence-corrected chi connectivity index (χ4v) is 10.9. The van der Waals surface area contributed by atoms with E-state index in [1.54, 1.807) is 0 Å². The van der Waals surface area contributed by atoms with Gasteiger partial charge in [0.05, 0.1) is 49.9 Å². The molecule has 0 bridgehead atoms. The van der Waals surface area contributed by atoms with Crippen molar-refractivity contribution in [1.82, 2.24) is 19.1 Å². The lowest BCUT2D eigenvalue weighted by atomic mass is 9.92. The van der Waals surface area contributed by atoms with Crippen LogP contribution in [0.2, 0.25) is 0 Å². The van der Waals surface area contributed by atoms with Crippen molar-refractivity contribution in [2.24, 2.45) is 0 Å². The first-order valence-corrected chi connectivity index (χ1v) is 23.7. The molecule has 1 aliphatic carbocycles. The third-order valence-electron chi connectivity index (χ3n) is 14.0. The largest absolute Gasteiger partial charge is 0.455 e. The lowest BCUT2D eigenvalue weighted by molar-refractivity contribution is 0.673. The van der Waals surface area contributed by atoms with E-state index in [4.69, 9.17) is 14.4 Å². The van der Waals surface area contributed by atoms with Gasteiger partial charge in [0.15, 0.2) is 5.82 Å². The molecule has 0 N–H and O–H groups in total. The van der Waals surface area contributed by atoms with Gasteiger partial charge in [0.1, 0.15) is 11.2 Å². The van der Waals surface area contributed by atoms with Crippen molar-refractivity contribution in [2.45, 2.75) is 12.3 Å². The molecule has 5 nitrogen and oxygen atoms in total. The molecule has 1 unspecified atom stereocenters. The van der Waals surface area contributed by atoms with Gasteiger partial charge >= 0.3 is 0 Å². The SMILES string of the molecule is C1=CCC(c2cc(-c3ccccc3)nc(-c3cc(-c4ccccc4)c(-n4c5ccccc5c5c6oc7ccc8c9ccccc9n(-c9ccccc9)c8c7c6ccc54)c(-c4ccccc4)c3)n2)C=C1. The zero-order valence-corrected chi connectivity index (χ0v) is 37.5. The van der Waals surface area contributed by atoms with Gasteiger partial charge in [0.2, 0.25) is 0 Å². The molecule has 324 valence electrons. The van der Waals surface area contributed by atoms with Crippen LogP contribution in [0.4, 0.5) is 0 Å². The average molecular weight is 883 g/mol. The number of nitrogens with zero attached hydrogens (tertiary/aromatic N) is 4. The molecule has 0 amide bonds. The van der Waals surface area contributed by atoms with Crippen molar-refractivity contribution in [2.75, 3.05) is 0 Å². The van der Waals surface area contributed by atoms with Crippen LogP contribution in [0.1, 0.15) is 18.0 Å². The molecule has 9 aromatic carbocycles. The second kappa shape index (κ2) is 15.8. The summed E-state index contributed by atoms with van der Waals surface area (Å²) >= 11 is 0. The summed E-state index contributed by atoms with van der Waals surface area (Å²) in [6.07, 6.45) is 9.61. The van der Waals surface area contributed by atoms with Gasteiger partial charge in [-0.2, -0.15) is 0 Å². The van der Waals surface area contributed by atoms with E-state index in [1.807, 2.05) is 0 Å². The maximum absolute atomic E-state index is 7.18. The van der Waals surface area contributed by atoms with E-state index in [-0.39, 0.29) is 5.92 Å². The summed E-state index contributed by atoms with van der Waals surface area (Å²) in [6, 6.07) is 75.9. The molecule has 14 rings (SSSR count). The molecule has 0 aliphatic heterocycles. The molecule has 1 aliphatic rings. The highest BCUT2D eigenvalue weighted by atomic mass is 16.3. The standard InChI is InChI=1S/C64H42N4O/c1-6-20-41(21-7-1)51-38-45(64-65-53(43-24-10-3-11-25-43)40-54(66-64)44-26-12-4-13-27-44)39-52(42-22-8-2-9-23-42)61(51)68-56-33-19-17-31-49(56)59-57(68)36-34-50-60-58(69-63(50)59)37-35-48-47-30-16-18-32-55(47)67(62(48)60)46-28-14-5-15-29-46/h1-26,28-40,44H,27H2. The van der Waals surface area contributed by atoms with Crippen LogP contribution in [-0.4, -0.2) is 19.1 Å². The van der Waals surface area contributed by atoms with Crippen LogP contribution in [-0.2, 0) is 0 Å². The summed E-state index contributed by atoms with van der Waals surface area (Å²) in [5, 5.41) is 6.81. The smallest absolute Gasteiger partial charge is 0.160 e. The van der Waals surface area contributed by atoms with Gasteiger partial charge in [-0.15, -0.1) is 0 Å². The van der Waals surface area contributed by atoms with Crippen molar-refractivity contribution < 1.29 is 4.42 Å². The minimum atomic E-state index is 0.145. The maximum atomic E-state index is 7.18. The van der Waals surface area contributed by atoms with E-state index in [0.29, 0.717) is 5.82 Å². The van der Waals surface area contributed by atoms with Crippen LogP contribution < -0.4 is 0 Å². The second-order valence-corrected chi connectivity index (χ2v) is 18.0. The number of aromatic nitrogens is 4. The van der Waals surface area contributed by atoms with Crippen LogP contribution in [0.3, 0.4) is 0 Å². The number of hydrogen-bond donors (Lipinski definition) is 0. The molecule has 13 aromatic rings. The molecule has 4 aromatic heterocycles. The fraction of sp³-hybridized carbons (Fsp3) is 0.0312. The van der Waals surface area contributed by atoms with Crippen molar-refractivity contribution in [1.29, 1.82) is 0 Å². The molecular weight excluding hydrogens is 841 g/mol. The van der Waals surface area contributed by atoms with Gasteiger partial charge in [0, 0.05) is 55.4 Å². The number of furan rings is 1. The first-order valence-electron chi connectivity index (χ1n) is 23.7. The third kappa shape index (κ3) is 6.24. The van der Waals surface area contributed by atoms with Crippen molar-refractivity contribution in [3.8, 4) is 56.3 Å². The van der Waals surface area contributed by atoms with E-state index in [1.165, 1.54) is 16.3 Å². The monoisotopic (exact) mass is 882 g/mol. The van der Waals surface area contributed by atoms with Crippen LogP contribution in [0.5, 0.6) is 0 Å². The normalized spacial score (nSPS) is 13.8. The Morgan fingerprint density at radius 1 is 0.449 bits per heavy atom. The predicted octanol–water partition coefficient (Wildman–Crippen LogP) is 16.8. The molecule has 5 heteroatoms. The number of allylic oxidation sites excluding steroid dienone is 4. The van der Waals surface area contributed by atoms with E-state index in [2.05, 4.69) is 246 Å². The summed E-state index contributed by atoms with van der Waals surface area (Å²) in [6.45, 7) is 0. The van der Waals surface area contributed by atoms with E-state index < -0.39 is 0 Å². The van der Waals surface area contributed by atoms with Gasteiger partial charge in [0.25, 0.3) is 0 Å². The minimum Gasteiger partial charge on any atom is -0.455 e. The van der Waals surface area contributed by atoms with Crippen LogP contribution in [0.15, 0.2) is 241 Å². The Balaban J connectivity index is 1.08. The number of benzene rings is 9. The van der Waals surface area contributed by atoms with Gasteiger partial charge < -0.3 is 13.6 Å². The van der Waals surface area contributed by atoms with Crippen molar-refractivity contribution in [3.63, 3.8) is 0 Å². The first-order chi connectivity index (χ1) is 34.2. The highest BCUT2D eigenvalue weighted by Gasteiger charge is 2.27. The Bertz CT molecular complexity index is 4140. The Morgan fingerprint density at radius 2 is 1.06 bits per heavy atom. The van der Waals surface area contributed by atoms with Crippen LogP contribution in [0.25, 0.3) is 122 Å². The Labute approximate surface area is 398 Å². The second-order valence-electron chi connectivity index (χ2n) is 18.0. The van der Waals surface area contributed by atoms with Gasteiger partial charge in [-0.1, -0.05) is 170 Å². The fourth-order valence-electron chi connectivity index (χ4n) is 10.9. The Kier molecular flexibility index (Phi) is 8.96. The van der Waals surface area contributed by atoms with Crippen LogP contribution in [0, 0.1) is 0 Å². The molecular formula is C64H42N4O. The number of fused-ring (bicyclic) bond motifs is 11. The first kappa shape index (κ1) is 39.1. The molecule has 0 saturated heterocycles. The number of para-hydroxylation sites is 3. The van der Waals surface area contributed by atoms with Gasteiger partial charge in [-0.25, -0.2) is 9.97 Å². The van der Waals surface area contributed by atoms with E-state index in [9.17, 15) is 0 Å². The maximum Gasteiger partial charge on any atom is 0.160 e. The molecule has 0 radical (unpaired) electrons. The summed E-state index contributed by atoms with van der Waals surface area (Å²) in [7, 11) is 0. The quantitative estimate of drug-likeness (QED) is 0.160. The lowest BCUT2D eigenvalue weighted by Gasteiger charge is -2.21. The molecule has 0 fully saturated rings.